The van der Waals surface area contributed by atoms with Crippen LogP contribution in [0.1, 0.15) is 69.4 Å². The summed E-state index contributed by atoms with van der Waals surface area (Å²) in [5.74, 6) is 0.989. The number of carbonyl (C=O) groups is 1. The van der Waals surface area contributed by atoms with E-state index in [4.69, 9.17) is 0 Å². The van der Waals surface area contributed by atoms with E-state index in [1.807, 2.05) is 12.3 Å². The van der Waals surface area contributed by atoms with Crippen LogP contribution in [0.4, 0.5) is 0 Å². The molecule has 0 spiro atoms. The minimum absolute atomic E-state index is 0.187. The summed E-state index contributed by atoms with van der Waals surface area (Å²) in [7, 11) is 0. The van der Waals surface area contributed by atoms with Crippen molar-refractivity contribution in [1.29, 1.82) is 0 Å². The maximum absolute atomic E-state index is 12.8. The van der Waals surface area contributed by atoms with Crippen LogP contribution in [0, 0.1) is 5.92 Å². The zero-order chi connectivity index (χ0) is 15.4. The SMILES string of the molecule is CCCC1CCCN(C(=O)c2cc(Br)cn2C(C)C)CC1. The van der Waals surface area contributed by atoms with Crippen molar-refractivity contribution in [3.05, 3.63) is 22.4 Å². The zero-order valence-corrected chi connectivity index (χ0v) is 15.0. The summed E-state index contributed by atoms with van der Waals surface area (Å²) in [5.41, 5.74) is 0.811. The van der Waals surface area contributed by atoms with E-state index in [1.54, 1.807) is 0 Å². The smallest absolute Gasteiger partial charge is 0.270 e. The Hall–Kier alpha value is -0.770. The van der Waals surface area contributed by atoms with Gasteiger partial charge in [-0.05, 0) is 61.0 Å². The van der Waals surface area contributed by atoms with Crippen LogP contribution >= 0.6 is 15.9 Å². The van der Waals surface area contributed by atoms with Crippen LogP contribution in [0.3, 0.4) is 0 Å². The van der Waals surface area contributed by atoms with Gasteiger partial charge >= 0.3 is 0 Å². The molecule has 1 aromatic heterocycles. The van der Waals surface area contributed by atoms with Crippen LogP contribution in [0.5, 0.6) is 0 Å². The van der Waals surface area contributed by atoms with Gasteiger partial charge in [-0.1, -0.05) is 19.8 Å². The molecule has 118 valence electrons. The molecule has 0 saturated carbocycles. The fourth-order valence-electron chi connectivity index (χ4n) is 3.27. The molecule has 1 aliphatic rings. The average molecular weight is 355 g/mol. The summed E-state index contributed by atoms with van der Waals surface area (Å²) >= 11 is 3.50. The van der Waals surface area contributed by atoms with Gasteiger partial charge < -0.3 is 9.47 Å². The standard InChI is InChI=1S/C17H27BrN2O/c1-4-6-14-7-5-9-19(10-8-14)17(21)16-11-15(18)12-20(16)13(2)3/h11-14H,4-10H2,1-3H3. The Morgan fingerprint density at radius 1 is 1.38 bits per heavy atom. The minimum Gasteiger partial charge on any atom is -0.340 e. The first kappa shape index (κ1) is 16.6. The lowest BCUT2D eigenvalue weighted by Gasteiger charge is -2.22. The monoisotopic (exact) mass is 354 g/mol. The highest BCUT2D eigenvalue weighted by molar-refractivity contribution is 9.10. The number of hydrogen-bond acceptors (Lipinski definition) is 1. The molecule has 0 aliphatic carbocycles. The van der Waals surface area contributed by atoms with Crippen molar-refractivity contribution in [2.45, 2.75) is 58.9 Å². The van der Waals surface area contributed by atoms with Gasteiger partial charge in [-0.3, -0.25) is 4.79 Å². The highest BCUT2D eigenvalue weighted by atomic mass is 79.9. The molecule has 2 rings (SSSR count). The summed E-state index contributed by atoms with van der Waals surface area (Å²) in [5, 5.41) is 0. The van der Waals surface area contributed by atoms with Crippen molar-refractivity contribution >= 4 is 21.8 Å². The van der Waals surface area contributed by atoms with Gasteiger partial charge in [0.25, 0.3) is 5.91 Å². The molecule has 1 atom stereocenters. The molecule has 0 bridgehead atoms. The number of halogens is 1. The number of likely N-dealkylation sites (tertiary alicyclic amines) is 1. The van der Waals surface area contributed by atoms with Gasteiger partial charge in [0.05, 0.1) is 0 Å². The van der Waals surface area contributed by atoms with E-state index in [0.29, 0.717) is 6.04 Å². The van der Waals surface area contributed by atoms with E-state index in [-0.39, 0.29) is 5.91 Å². The number of hydrogen-bond donors (Lipinski definition) is 0. The number of aromatic nitrogens is 1. The lowest BCUT2D eigenvalue weighted by atomic mass is 9.96. The Morgan fingerprint density at radius 3 is 2.81 bits per heavy atom. The number of carbonyl (C=O) groups excluding carboxylic acids is 1. The van der Waals surface area contributed by atoms with Gasteiger partial charge in [-0.2, -0.15) is 0 Å². The van der Waals surface area contributed by atoms with Crippen molar-refractivity contribution in [1.82, 2.24) is 9.47 Å². The first-order valence-electron chi connectivity index (χ1n) is 8.19. The maximum atomic E-state index is 12.8. The third-order valence-electron chi connectivity index (χ3n) is 4.42. The summed E-state index contributed by atoms with van der Waals surface area (Å²) in [6.07, 6.45) is 8.13. The molecular weight excluding hydrogens is 328 g/mol. The topological polar surface area (TPSA) is 25.2 Å². The first-order chi connectivity index (χ1) is 10.0. The van der Waals surface area contributed by atoms with Gasteiger partial charge in [0, 0.05) is 29.8 Å². The second kappa shape index (κ2) is 7.48. The van der Waals surface area contributed by atoms with E-state index < -0.39 is 0 Å². The Kier molecular flexibility index (Phi) is 5.91. The molecule has 1 aromatic rings. The van der Waals surface area contributed by atoms with Gasteiger partial charge in [-0.15, -0.1) is 0 Å². The zero-order valence-electron chi connectivity index (χ0n) is 13.4. The molecular formula is C17H27BrN2O. The molecule has 1 amide bonds. The van der Waals surface area contributed by atoms with Crippen LogP contribution in [0.15, 0.2) is 16.7 Å². The van der Waals surface area contributed by atoms with Crippen LogP contribution < -0.4 is 0 Å². The van der Waals surface area contributed by atoms with E-state index in [0.717, 1.165) is 42.0 Å². The molecule has 0 radical (unpaired) electrons. The van der Waals surface area contributed by atoms with Gasteiger partial charge in [-0.25, -0.2) is 0 Å². The average Bonchev–Trinajstić information content (AvgIpc) is 2.68. The number of nitrogens with zero attached hydrogens (tertiary/aromatic N) is 2. The molecule has 3 nitrogen and oxygen atoms in total. The van der Waals surface area contributed by atoms with Crippen LogP contribution in [0.25, 0.3) is 0 Å². The predicted molar refractivity (Wildman–Crippen MR) is 90.7 cm³/mol. The Balaban J connectivity index is 2.09. The lowest BCUT2D eigenvalue weighted by Crippen LogP contribution is -2.33. The van der Waals surface area contributed by atoms with E-state index >= 15 is 0 Å². The summed E-state index contributed by atoms with van der Waals surface area (Å²) in [6, 6.07) is 2.26. The Bertz CT molecular complexity index is 481. The highest BCUT2D eigenvalue weighted by Gasteiger charge is 2.24. The third-order valence-corrected chi connectivity index (χ3v) is 4.86. The molecule has 4 heteroatoms. The fraction of sp³-hybridized carbons (Fsp3) is 0.706. The molecule has 21 heavy (non-hydrogen) atoms. The summed E-state index contributed by atoms with van der Waals surface area (Å²) < 4.78 is 3.05. The number of rotatable bonds is 4. The Labute approximate surface area is 136 Å². The van der Waals surface area contributed by atoms with Crippen LogP contribution in [-0.4, -0.2) is 28.5 Å². The fourth-order valence-corrected chi connectivity index (χ4v) is 3.71. The highest BCUT2D eigenvalue weighted by Crippen LogP contribution is 2.25. The second-order valence-corrected chi connectivity index (χ2v) is 7.34. The van der Waals surface area contributed by atoms with Crippen molar-refractivity contribution < 1.29 is 4.79 Å². The molecule has 1 fully saturated rings. The molecule has 1 unspecified atom stereocenters. The van der Waals surface area contributed by atoms with Crippen molar-refractivity contribution in [2.24, 2.45) is 5.92 Å². The van der Waals surface area contributed by atoms with Gasteiger partial charge in [0.1, 0.15) is 5.69 Å². The molecule has 0 N–H and O–H groups in total. The summed E-state index contributed by atoms with van der Waals surface area (Å²) in [4.78, 5) is 14.9. The van der Waals surface area contributed by atoms with Crippen LogP contribution in [0.2, 0.25) is 0 Å². The van der Waals surface area contributed by atoms with E-state index in [9.17, 15) is 4.79 Å². The molecule has 1 saturated heterocycles. The van der Waals surface area contributed by atoms with Gasteiger partial charge in [0.15, 0.2) is 0 Å². The first-order valence-corrected chi connectivity index (χ1v) is 8.98. The maximum Gasteiger partial charge on any atom is 0.270 e. The van der Waals surface area contributed by atoms with Gasteiger partial charge in [0.2, 0.25) is 0 Å². The summed E-state index contributed by atoms with van der Waals surface area (Å²) in [6.45, 7) is 8.29. The molecule has 1 aliphatic heterocycles. The largest absolute Gasteiger partial charge is 0.340 e. The second-order valence-electron chi connectivity index (χ2n) is 6.42. The van der Waals surface area contributed by atoms with Crippen LogP contribution in [-0.2, 0) is 0 Å². The van der Waals surface area contributed by atoms with E-state index in [2.05, 4.69) is 46.2 Å². The van der Waals surface area contributed by atoms with Crippen molar-refractivity contribution in [3.63, 3.8) is 0 Å². The van der Waals surface area contributed by atoms with Crippen molar-refractivity contribution in [3.8, 4) is 0 Å². The third kappa shape index (κ3) is 4.12. The molecule has 0 aromatic carbocycles. The Morgan fingerprint density at radius 2 is 2.14 bits per heavy atom. The predicted octanol–water partition coefficient (Wildman–Crippen LogP) is 4.87. The number of amides is 1. The lowest BCUT2D eigenvalue weighted by molar-refractivity contribution is 0.0747. The minimum atomic E-state index is 0.187. The normalized spacial score (nSPS) is 19.9. The molecule has 2 heterocycles. The van der Waals surface area contributed by atoms with Crippen molar-refractivity contribution in [2.75, 3.05) is 13.1 Å². The van der Waals surface area contributed by atoms with E-state index in [1.165, 1.54) is 19.3 Å². The quantitative estimate of drug-likeness (QED) is 0.756.